The van der Waals surface area contributed by atoms with Gasteiger partial charge in [-0.1, -0.05) is 11.6 Å². The van der Waals surface area contributed by atoms with E-state index in [0.717, 1.165) is 16.2 Å². The molecule has 1 unspecified atom stereocenters. The lowest BCUT2D eigenvalue weighted by atomic mass is 10.2. The molecule has 1 atom stereocenters. The highest BCUT2D eigenvalue weighted by Crippen LogP contribution is 2.24. The molecule has 96 valence electrons. The van der Waals surface area contributed by atoms with Crippen LogP contribution >= 0.6 is 22.9 Å². The van der Waals surface area contributed by atoms with Gasteiger partial charge in [0.1, 0.15) is 17.5 Å². The fourth-order valence-electron chi connectivity index (χ4n) is 1.65. The minimum atomic E-state index is -1.16. The predicted molar refractivity (Wildman–Crippen MR) is 64.8 cm³/mol. The highest BCUT2D eigenvalue weighted by molar-refractivity contribution is 7.12. The van der Waals surface area contributed by atoms with Crippen molar-refractivity contribution in [2.45, 2.75) is 6.04 Å². The molecule has 6 nitrogen and oxygen atoms in total. The van der Waals surface area contributed by atoms with Crippen molar-refractivity contribution in [3.63, 3.8) is 0 Å². The summed E-state index contributed by atoms with van der Waals surface area (Å²) in [6.45, 7) is -0.368. The van der Waals surface area contributed by atoms with E-state index in [-0.39, 0.29) is 28.9 Å². The SMILES string of the molecule is O=C1CN(C(=O)c2sccc2Cl)C(C(=O)O)CN1. The van der Waals surface area contributed by atoms with Gasteiger partial charge >= 0.3 is 5.97 Å². The van der Waals surface area contributed by atoms with Crippen LogP contribution in [0.2, 0.25) is 5.02 Å². The Morgan fingerprint density at radius 1 is 1.56 bits per heavy atom. The van der Waals surface area contributed by atoms with Gasteiger partial charge < -0.3 is 15.3 Å². The van der Waals surface area contributed by atoms with Crippen LogP contribution in [0.5, 0.6) is 0 Å². The maximum Gasteiger partial charge on any atom is 0.328 e. The molecule has 1 aromatic heterocycles. The van der Waals surface area contributed by atoms with E-state index in [2.05, 4.69) is 5.32 Å². The van der Waals surface area contributed by atoms with Crippen molar-refractivity contribution in [3.8, 4) is 0 Å². The molecule has 0 aromatic carbocycles. The van der Waals surface area contributed by atoms with Gasteiger partial charge in [0.15, 0.2) is 0 Å². The zero-order valence-corrected chi connectivity index (χ0v) is 10.6. The Kier molecular flexibility index (Phi) is 3.53. The normalized spacial score (nSPS) is 19.5. The van der Waals surface area contributed by atoms with E-state index in [1.54, 1.807) is 11.4 Å². The zero-order valence-electron chi connectivity index (χ0n) is 9.05. The quantitative estimate of drug-likeness (QED) is 0.826. The van der Waals surface area contributed by atoms with E-state index in [1.807, 2.05) is 0 Å². The summed E-state index contributed by atoms with van der Waals surface area (Å²) in [6, 6.07) is 0.493. The minimum absolute atomic E-state index is 0.0943. The molecule has 0 spiro atoms. The van der Waals surface area contributed by atoms with Crippen molar-refractivity contribution in [2.75, 3.05) is 13.1 Å². The first-order valence-corrected chi connectivity index (χ1v) is 6.30. The molecule has 18 heavy (non-hydrogen) atoms. The third-order valence-electron chi connectivity index (χ3n) is 2.54. The second kappa shape index (κ2) is 4.95. The molecule has 0 aliphatic carbocycles. The molecule has 1 saturated heterocycles. The van der Waals surface area contributed by atoms with Gasteiger partial charge in [0.2, 0.25) is 5.91 Å². The van der Waals surface area contributed by atoms with Gasteiger partial charge in [0.25, 0.3) is 5.91 Å². The molecule has 2 heterocycles. The lowest BCUT2D eigenvalue weighted by Gasteiger charge is -2.32. The molecule has 0 bridgehead atoms. The maximum absolute atomic E-state index is 12.2. The van der Waals surface area contributed by atoms with Gasteiger partial charge in [-0.2, -0.15) is 0 Å². The molecular weight excluding hydrogens is 280 g/mol. The van der Waals surface area contributed by atoms with Crippen molar-refractivity contribution in [3.05, 3.63) is 21.3 Å². The van der Waals surface area contributed by atoms with Gasteiger partial charge in [-0.05, 0) is 11.4 Å². The Balaban J connectivity index is 2.28. The minimum Gasteiger partial charge on any atom is -0.480 e. The highest BCUT2D eigenvalue weighted by Gasteiger charge is 2.36. The summed E-state index contributed by atoms with van der Waals surface area (Å²) >= 11 is 6.95. The first-order chi connectivity index (χ1) is 8.50. The second-order valence-corrected chi connectivity index (χ2v) is 5.01. The highest BCUT2D eigenvalue weighted by atomic mass is 35.5. The van der Waals surface area contributed by atoms with Crippen LogP contribution in [0.4, 0.5) is 0 Å². The Bertz CT molecular complexity index is 516. The number of hydrogen-bond acceptors (Lipinski definition) is 4. The number of carbonyl (C=O) groups is 3. The maximum atomic E-state index is 12.2. The number of thiophene rings is 1. The Labute approximate surface area is 111 Å². The fourth-order valence-corrected chi connectivity index (χ4v) is 2.74. The topological polar surface area (TPSA) is 86.7 Å². The van der Waals surface area contributed by atoms with Crippen LogP contribution in [0.3, 0.4) is 0 Å². The number of halogens is 1. The Hall–Kier alpha value is -1.60. The standard InChI is InChI=1S/C10H9ClN2O4S/c11-5-1-2-18-8(5)9(15)13-4-7(14)12-3-6(13)10(16)17/h1-2,6H,3-4H2,(H,12,14)(H,16,17). The number of nitrogens with one attached hydrogen (secondary N) is 1. The van der Waals surface area contributed by atoms with Crippen molar-refractivity contribution < 1.29 is 19.5 Å². The monoisotopic (exact) mass is 288 g/mol. The van der Waals surface area contributed by atoms with Crippen molar-refractivity contribution >= 4 is 40.7 Å². The van der Waals surface area contributed by atoms with E-state index >= 15 is 0 Å². The van der Waals surface area contributed by atoms with Gasteiger partial charge in [-0.25, -0.2) is 4.79 Å². The van der Waals surface area contributed by atoms with Crippen LogP contribution < -0.4 is 5.32 Å². The number of carboxylic acids is 1. The molecule has 1 aromatic rings. The van der Waals surface area contributed by atoms with E-state index < -0.39 is 17.9 Å². The van der Waals surface area contributed by atoms with Crippen molar-refractivity contribution in [2.24, 2.45) is 0 Å². The number of rotatable bonds is 2. The summed E-state index contributed by atoms with van der Waals surface area (Å²) in [6.07, 6.45) is 0. The van der Waals surface area contributed by atoms with Gasteiger partial charge in [-0.3, -0.25) is 9.59 Å². The lowest BCUT2D eigenvalue weighted by molar-refractivity contribution is -0.144. The molecule has 2 N–H and O–H groups in total. The number of piperazine rings is 1. The predicted octanol–water partition coefficient (Wildman–Crippen LogP) is 0.427. The number of hydrogen-bond donors (Lipinski definition) is 2. The van der Waals surface area contributed by atoms with E-state index in [9.17, 15) is 14.4 Å². The number of aliphatic carboxylic acids is 1. The molecular formula is C10H9ClN2O4S. The number of carboxylic acid groups (broad SMARTS) is 1. The summed E-state index contributed by atoms with van der Waals surface area (Å²) in [5.41, 5.74) is 0. The Morgan fingerprint density at radius 3 is 2.83 bits per heavy atom. The number of nitrogens with zero attached hydrogens (tertiary/aromatic N) is 1. The molecule has 1 aliphatic rings. The summed E-state index contributed by atoms with van der Waals surface area (Å²) in [7, 11) is 0. The zero-order chi connectivity index (χ0) is 13.3. The molecule has 8 heteroatoms. The Morgan fingerprint density at radius 2 is 2.28 bits per heavy atom. The average Bonchev–Trinajstić information content (AvgIpc) is 2.74. The molecule has 1 aliphatic heterocycles. The number of amides is 2. The van der Waals surface area contributed by atoms with Gasteiger partial charge in [0.05, 0.1) is 5.02 Å². The van der Waals surface area contributed by atoms with Crippen LogP contribution in [-0.2, 0) is 9.59 Å². The second-order valence-electron chi connectivity index (χ2n) is 3.69. The fraction of sp³-hybridized carbons (Fsp3) is 0.300. The van der Waals surface area contributed by atoms with E-state index in [4.69, 9.17) is 16.7 Å². The van der Waals surface area contributed by atoms with E-state index in [0.29, 0.717) is 0 Å². The third-order valence-corrected chi connectivity index (χ3v) is 3.87. The van der Waals surface area contributed by atoms with Gasteiger partial charge in [-0.15, -0.1) is 11.3 Å². The average molecular weight is 289 g/mol. The van der Waals surface area contributed by atoms with Crippen LogP contribution in [0, 0.1) is 0 Å². The van der Waals surface area contributed by atoms with Crippen LogP contribution in [0.25, 0.3) is 0 Å². The summed E-state index contributed by atoms with van der Waals surface area (Å²) in [5, 5.41) is 13.3. The largest absolute Gasteiger partial charge is 0.480 e. The first kappa shape index (κ1) is 12.8. The molecule has 0 saturated carbocycles. The smallest absolute Gasteiger partial charge is 0.328 e. The summed E-state index contributed by atoms with van der Waals surface area (Å²) < 4.78 is 0. The first-order valence-electron chi connectivity index (χ1n) is 5.04. The summed E-state index contributed by atoms with van der Waals surface area (Å²) in [5.74, 6) is -2.07. The summed E-state index contributed by atoms with van der Waals surface area (Å²) in [4.78, 5) is 35.8. The van der Waals surface area contributed by atoms with Crippen LogP contribution in [-0.4, -0.2) is 46.9 Å². The van der Waals surface area contributed by atoms with Gasteiger partial charge in [0, 0.05) is 6.54 Å². The van der Waals surface area contributed by atoms with Crippen LogP contribution in [0.15, 0.2) is 11.4 Å². The molecule has 2 rings (SSSR count). The molecule has 1 fully saturated rings. The van der Waals surface area contributed by atoms with Crippen molar-refractivity contribution in [1.29, 1.82) is 0 Å². The third kappa shape index (κ3) is 2.32. The van der Waals surface area contributed by atoms with Crippen LogP contribution in [0.1, 0.15) is 9.67 Å². The molecule has 2 amide bonds. The molecule has 0 radical (unpaired) electrons. The van der Waals surface area contributed by atoms with E-state index in [1.165, 1.54) is 0 Å². The van der Waals surface area contributed by atoms with Crippen molar-refractivity contribution in [1.82, 2.24) is 10.2 Å². The number of carbonyl (C=O) groups excluding carboxylic acids is 2. The lowest BCUT2D eigenvalue weighted by Crippen LogP contribution is -2.59.